The first-order valence-corrected chi connectivity index (χ1v) is 9.46. The first-order valence-electron chi connectivity index (χ1n) is 9.46. The molecule has 0 saturated heterocycles. The van der Waals surface area contributed by atoms with E-state index in [2.05, 4.69) is 84.9 Å². The van der Waals surface area contributed by atoms with E-state index >= 15 is 0 Å². The van der Waals surface area contributed by atoms with Crippen molar-refractivity contribution in [1.29, 1.82) is 0 Å². The zero-order valence-electron chi connectivity index (χ0n) is 14.9. The van der Waals surface area contributed by atoms with Crippen LogP contribution in [0.15, 0.2) is 84.9 Å². The van der Waals surface area contributed by atoms with E-state index in [4.69, 9.17) is 4.74 Å². The Hall–Kier alpha value is -3.32. The Balaban J connectivity index is 1.75. The van der Waals surface area contributed by atoms with Crippen LogP contribution in [0.3, 0.4) is 0 Å². The molecule has 1 aliphatic carbocycles. The fraction of sp³-hybridized carbons (Fsp3) is 0.0769. The van der Waals surface area contributed by atoms with E-state index in [9.17, 15) is 0 Å². The first kappa shape index (κ1) is 14.8. The highest BCUT2D eigenvalue weighted by molar-refractivity contribution is 6.09. The van der Waals surface area contributed by atoms with Crippen molar-refractivity contribution in [3.8, 4) is 16.9 Å². The van der Waals surface area contributed by atoms with Gasteiger partial charge in [-0.15, -0.1) is 0 Å². The lowest BCUT2D eigenvalue weighted by atomic mass is 9.86. The van der Waals surface area contributed by atoms with Gasteiger partial charge in [0, 0.05) is 10.9 Å². The standard InChI is InChI=1S/C26H18O/c1-2-8-17(9-3-1)20-14-15-27-26-22-13-7-6-12-21(22)24-19-11-5-4-10-18(19)16-23(24)25(20)26/h1-14H,15-16H2. The molecule has 27 heavy (non-hydrogen) atoms. The second-order valence-corrected chi connectivity index (χ2v) is 7.23. The quantitative estimate of drug-likeness (QED) is 0.349. The lowest BCUT2D eigenvalue weighted by Crippen LogP contribution is -2.09. The van der Waals surface area contributed by atoms with Gasteiger partial charge in [-0.3, -0.25) is 0 Å². The molecule has 0 atom stereocenters. The molecule has 0 spiro atoms. The maximum absolute atomic E-state index is 6.24. The van der Waals surface area contributed by atoms with Crippen LogP contribution < -0.4 is 4.74 Å². The van der Waals surface area contributed by atoms with Crippen LogP contribution in [0.5, 0.6) is 5.75 Å². The highest BCUT2D eigenvalue weighted by Crippen LogP contribution is 2.51. The molecule has 1 heterocycles. The molecular weight excluding hydrogens is 328 g/mol. The molecule has 0 radical (unpaired) electrons. The van der Waals surface area contributed by atoms with Crippen LogP contribution in [0.1, 0.15) is 22.3 Å². The number of fused-ring (bicyclic) bond motifs is 8. The molecule has 0 aromatic heterocycles. The topological polar surface area (TPSA) is 9.23 Å². The van der Waals surface area contributed by atoms with Crippen molar-refractivity contribution in [3.05, 3.63) is 107 Å². The van der Waals surface area contributed by atoms with E-state index in [0.29, 0.717) is 6.61 Å². The summed E-state index contributed by atoms with van der Waals surface area (Å²) in [6.07, 6.45) is 3.20. The fourth-order valence-electron chi connectivity index (χ4n) is 4.68. The number of hydrogen-bond acceptors (Lipinski definition) is 1. The molecular formula is C26H18O. The van der Waals surface area contributed by atoms with Crippen LogP contribution >= 0.6 is 0 Å². The summed E-state index contributed by atoms with van der Waals surface area (Å²) in [6.45, 7) is 0.618. The summed E-state index contributed by atoms with van der Waals surface area (Å²) >= 11 is 0. The molecule has 0 saturated carbocycles. The predicted octanol–water partition coefficient (Wildman–Crippen LogP) is 6.24. The molecule has 2 aliphatic rings. The lowest BCUT2D eigenvalue weighted by Gasteiger charge is -2.25. The SMILES string of the molecule is C1=C(c2ccccc2)c2c3c(c4ccccc4c2OC1)-c1ccccc1C3. The lowest BCUT2D eigenvalue weighted by molar-refractivity contribution is 0.361. The van der Waals surface area contributed by atoms with Crippen molar-refractivity contribution in [3.63, 3.8) is 0 Å². The van der Waals surface area contributed by atoms with Crippen molar-refractivity contribution in [1.82, 2.24) is 0 Å². The Bertz CT molecular complexity index is 1230. The molecule has 4 aromatic carbocycles. The number of ether oxygens (including phenoxy) is 1. The van der Waals surface area contributed by atoms with Gasteiger partial charge in [-0.05, 0) is 51.3 Å². The largest absolute Gasteiger partial charge is 0.488 e. The van der Waals surface area contributed by atoms with Crippen LogP contribution in [-0.2, 0) is 6.42 Å². The molecule has 0 bridgehead atoms. The van der Waals surface area contributed by atoms with Gasteiger partial charge >= 0.3 is 0 Å². The minimum atomic E-state index is 0.618. The summed E-state index contributed by atoms with van der Waals surface area (Å²) < 4.78 is 6.24. The second-order valence-electron chi connectivity index (χ2n) is 7.23. The molecule has 0 amide bonds. The highest BCUT2D eigenvalue weighted by atomic mass is 16.5. The zero-order valence-corrected chi connectivity index (χ0v) is 14.9. The van der Waals surface area contributed by atoms with Crippen molar-refractivity contribution in [2.24, 2.45) is 0 Å². The van der Waals surface area contributed by atoms with Crippen LogP contribution in [0.4, 0.5) is 0 Å². The minimum Gasteiger partial charge on any atom is -0.488 e. The van der Waals surface area contributed by atoms with Gasteiger partial charge in [-0.25, -0.2) is 0 Å². The Morgan fingerprint density at radius 3 is 2.30 bits per heavy atom. The Morgan fingerprint density at radius 2 is 1.41 bits per heavy atom. The average Bonchev–Trinajstić information content (AvgIpc) is 3.14. The van der Waals surface area contributed by atoms with Gasteiger partial charge in [0.05, 0.1) is 0 Å². The van der Waals surface area contributed by atoms with E-state index in [0.717, 1.165) is 12.2 Å². The van der Waals surface area contributed by atoms with Crippen molar-refractivity contribution in [2.75, 3.05) is 6.61 Å². The van der Waals surface area contributed by atoms with Crippen LogP contribution in [0, 0.1) is 0 Å². The first-order chi connectivity index (χ1) is 13.4. The summed E-state index contributed by atoms with van der Waals surface area (Å²) in [5, 5.41) is 2.51. The third kappa shape index (κ3) is 2.06. The summed E-state index contributed by atoms with van der Waals surface area (Å²) in [5.41, 5.74) is 9.39. The van der Waals surface area contributed by atoms with Crippen molar-refractivity contribution < 1.29 is 4.74 Å². The van der Waals surface area contributed by atoms with E-state index in [1.807, 2.05) is 0 Å². The van der Waals surface area contributed by atoms with Crippen molar-refractivity contribution >= 4 is 16.3 Å². The van der Waals surface area contributed by atoms with Gasteiger partial charge < -0.3 is 4.74 Å². The molecule has 4 aromatic rings. The van der Waals surface area contributed by atoms with Crippen LogP contribution in [0.25, 0.3) is 27.5 Å². The van der Waals surface area contributed by atoms with E-state index in [1.54, 1.807) is 0 Å². The molecule has 6 rings (SSSR count). The highest BCUT2D eigenvalue weighted by Gasteiger charge is 2.30. The third-order valence-corrected chi connectivity index (χ3v) is 5.79. The monoisotopic (exact) mass is 346 g/mol. The smallest absolute Gasteiger partial charge is 0.135 e. The Morgan fingerprint density at radius 1 is 0.667 bits per heavy atom. The molecule has 0 unspecified atom stereocenters. The van der Waals surface area contributed by atoms with E-state index < -0.39 is 0 Å². The van der Waals surface area contributed by atoms with Gasteiger partial charge in [0.1, 0.15) is 12.4 Å². The molecule has 1 nitrogen and oxygen atoms in total. The maximum Gasteiger partial charge on any atom is 0.135 e. The molecule has 1 aliphatic heterocycles. The predicted molar refractivity (Wildman–Crippen MR) is 111 cm³/mol. The maximum atomic E-state index is 6.24. The fourth-order valence-corrected chi connectivity index (χ4v) is 4.68. The molecule has 1 heteroatoms. The van der Waals surface area contributed by atoms with E-state index in [1.165, 1.54) is 49.7 Å². The average molecular weight is 346 g/mol. The Kier molecular flexibility index (Phi) is 3.06. The molecule has 128 valence electrons. The van der Waals surface area contributed by atoms with Gasteiger partial charge in [0.15, 0.2) is 0 Å². The van der Waals surface area contributed by atoms with Gasteiger partial charge in [-0.1, -0.05) is 78.9 Å². The second kappa shape index (κ2) is 5.59. The Labute approximate surface area is 158 Å². The number of benzene rings is 4. The number of hydrogen-bond donors (Lipinski definition) is 0. The zero-order chi connectivity index (χ0) is 17.8. The summed E-state index contributed by atoms with van der Waals surface area (Å²) in [7, 11) is 0. The van der Waals surface area contributed by atoms with Crippen molar-refractivity contribution in [2.45, 2.75) is 6.42 Å². The minimum absolute atomic E-state index is 0.618. The van der Waals surface area contributed by atoms with Gasteiger partial charge in [0.25, 0.3) is 0 Å². The third-order valence-electron chi connectivity index (χ3n) is 5.79. The van der Waals surface area contributed by atoms with Gasteiger partial charge in [0.2, 0.25) is 0 Å². The molecule has 0 N–H and O–H groups in total. The van der Waals surface area contributed by atoms with Crippen LogP contribution in [-0.4, -0.2) is 6.61 Å². The summed E-state index contributed by atoms with van der Waals surface area (Å²) in [6, 6.07) is 28.2. The van der Waals surface area contributed by atoms with Gasteiger partial charge in [-0.2, -0.15) is 0 Å². The molecule has 0 fully saturated rings. The number of rotatable bonds is 1. The summed E-state index contributed by atoms with van der Waals surface area (Å²) in [4.78, 5) is 0. The van der Waals surface area contributed by atoms with E-state index in [-0.39, 0.29) is 0 Å². The summed E-state index contributed by atoms with van der Waals surface area (Å²) in [5.74, 6) is 1.04. The van der Waals surface area contributed by atoms with Crippen LogP contribution in [0.2, 0.25) is 0 Å². The normalized spacial score (nSPS) is 14.1.